The van der Waals surface area contributed by atoms with Gasteiger partial charge in [0.05, 0.1) is 17.0 Å². The SMILES string of the molecule is CC[C@@H](NC(=O)c1cc(C)nc2onc(-c3ccc4c(c3)OCO4)c12)c1ccc(C)cc1C. The van der Waals surface area contributed by atoms with E-state index in [0.717, 1.165) is 23.1 Å². The summed E-state index contributed by atoms with van der Waals surface area (Å²) in [6.45, 7) is 8.22. The fourth-order valence-electron chi connectivity index (χ4n) is 4.35. The maximum atomic E-state index is 13.5. The Balaban J connectivity index is 1.56. The van der Waals surface area contributed by atoms with Gasteiger partial charge in [-0.15, -0.1) is 0 Å². The van der Waals surface area contributed by atoms with Crippen molar-refractivity contribution >= 4 is 17.0 Å². The molecule has 7 heteroatoms. The maximum absolute atomic E-state index is 13.5. The summed E-state index contributed by atoms with van der Waals surface area (Å²) < 4.78 is 16.4. The summed E-state index contributed by atoms with van der Waals surface area (Å²) in [4.78, 5) is 18.0. The fourth-order valence-corrected chi connectivity index (χ4v) is 4.35. The minimum absolute atomic E-state index is 0.115. The predicted molar refractivity (Wildman–Crippen MR) is 125 cm³/mol. The third-order valence-electron chi connectivity index (χ3n) is 5.98. The third kappa shape index (κ3) is 3.80. The average Bonchev–Trinajstić information content (AvgIpc) is 3.43. The van der Waals surface area contributed by atoms with Crippen LogP contribution >= 0.6 is 0 Å². The van der Waals surface area contributed by atoms with Crippen molar-refractivity contribution in [3.63, 3.8) is 0 Å². The Kier molecular flexibility index (Phi) is 5.24. The number of hydrogen-bond donors (Lipinski definition) is 1. The van der Waals surface area contributed by atoms with Gasteiger partial charge >= 0.3 is 0 Å². The molecule has 0 unspecified atom stereocenters. The smallest absolute Gasteiger partial charge is 0.259 e. The second-order valence-corrected chi connectivity index (χ2v) is 8.38. The first-order valence-electron chi connectivity index (χ1n) is 11.0. The van der Waals surface area contributed by atoms with E-state index in [1.54, 1.807) is 6.07 Å². The summed E-state index contributed by atoms with van der Waals surface area (Å²) in [6, 6.07) is 13.5. The van der Waals surface area contributed by atoms with Crippen molar-refractivity contribution in [3.8, 4) is 22.8 Å². The molecule has 3 heterocycles. The minimum atomic E-state index is -0.192. The molecule has 0 saturated carbocycles. The van der Waals surface area contributed by atoms with Crippen LogP contribution in [-0.2, 0) is 0 Å². The van der Waals surface area contributed by atoms with Crippen LogP contribution in [0.5, 0.6) is 11.5 Å². The Labute approximate surface area is 191 Å². The van der Waals surface area contributed by atoms with Crippen molar-refractivity contribution in [1.29, 1.82) is 0 Å². The molecule has 33 heavy (non-hydrogen) atoms. The number of nitrogens with zero attached hydrogens (tertiary/aromatic N) is 2. The number of pyridine rings is 1. The number of aryl methyl sites for hydroxylation is 3. The van der Waals surface area contributed by atoms with Gasteiger partial charge in [0.1, 0.15) is 5.69 Å². The van der Waals surface area contributed by atoms with E-state index in [0.29, 0.717) is 39.6 Å². The molecule has 1 aliphatic rings. The van der Waals surface area contributed by atoms with E-state index in [1.807, 2.05) is 25.1 Å². The van der Waals surface area contributed by atoms with Crippen LogP contribution in [0.25, 0.3) is 22.4 Å². The number of benzene rings is 2. The van der Waals surface area contributed by atoms with Crippen LogP contribution in [0.15, 0.2) is 47.0 Å². The molecule has 1 amide bonds. The lowest BCUT2D eigenvalue weighted by atomic mass is 9.96. The van der Waals surface area contributed by atoms with Crippen molar-refractivity contribution in [2.75, 3.05) is 6.79 Å². The normalized spacial score (nSPS) is 13.3. The summed E-state index contributed by atoms with van der Waals surface area (Å²) in [7, 11) is 0. The molecule has 0 bridgehead atoms. The van der Waals surface area contributed by atoms with Crippen LogP contribution in [-0.4, -0.2) is 22.8 Å². The van der Waals surface area contributed by atoms with Crippen LogP contribution in [0.3, 0.4) is 0 Å². The monoisotopic (exact) mass is 443 g/mol. The molecular formula is C26H25N3O4. The first-order chi connectivity index (χ1) is 15.9. The lowest BCUT2D eigenvalue weighted by Crippen LogP contribution is -2.29. The number of nitrogens with one attached hydrogen (secondary N) is 1. The molecule has 168 valence electrons. The summed E-state index contributed by atoms with van der Waals surface area (Å²) in [6.07, 6.45) is 0.765. The second kappa shape index (κ2) is 8.24. The fraction of sp³-hybridized carbons (Fsp3) is 0.269. The maximum Gasteiger partial charge on any atom is 0.259 e. The van der Waals surface area contributed by atoms with E-state index in [2.05, 4.69) is 54.4 Å². The Morgan fingerprint density at radius 3 is 2.67 bits per heavy atom. The molecule has 1 N–H and O–H groups in total. The van der Waals surface area contributed by atoms with E-state index in [4.69, 9.17) is 14.0 Å². The molecule has 0 aliphatic carbocycles. The Bertz CT molecular complexity index is 1380. The molecule has 1 atom stereocenters. The molecule has 0 spiro atoms. The number of hydrogen-bond acceptors (Lipinski definition) is 6. The zero-order chi connectivity index (χ0) is 23.1. The second-order valence-electron chi connectivity index (χ2n) is 8.38. The van der Waals surface area contributed by atoms with Gasteiger partial charge in [-0.1, -0.05) is 35.8 Å². The topological polar surface area (TPSA) is 86.5 Å². The number of fused-ring (bicyclic) bond motifs is 2. The van der Waals surface area contributed by atoms with Gasteiger partial charge in [-0.2, -0.15) is 0 Å². The first kappa shape index (κ1) is 21.0. The summed E-state index contributed by atoms with van der Waals surface area (Å²) in [5.41, 5.74) is 6.26. The zero-order valence-corrected chi connectivity index (χ0v) is 19.1. The van der Waals surface area contributed by atoms with Gasteiger partial charge in [0.25, 0.3) is 11.6 Å². The molecular weight excluding hydrogens is 418 g/mol. The van der Waals surface area contributed by atoms with Crippen LogP contribution < -0.4 is 14.8 Å². The zero-order valence-electron chi connectivity index (χ0n) is 19.1. The number of rotatable bonds is 5. The molecule has 0 saturated heterocycles. The van der Waals surface area contributed by atoms with E-state index in [1.165, 1.54) is 5.56 Å². The summed E-state index contributed by atoms with van der Waals surface area (Å²) in [5.74, 6) is 1.12. The van der Waals surface area contributed by atoms with Gasteiger partial charge in [0, 0.05) is 11.3 Å². The molecule has 0 radical (unpaired) electrons. The van der Waals surface area contributed by atoms with Gasteiger partial charge < -0.3 is 19.3 Å². The van der Waals surface area contributed by atoms with Crippen molar-refractivity contribution in [1.82, 2.24) is 15.5 Å². The van der Waals surface area contributed by atoms with Crippen LogP contribution in [0.1, 0.15) is 52.1 Å². The molecule has 2 aromatic carbocycles. The number of aromatic nitrogens is 2. The molecule has 7 nitrogen and oxygen atoms in total. The Morgan fingerprint density at radius 1 is 1.06 bits per heavy atom. The standard InChI is InChI=1S/C26H25N3O4/c1-5-20(18-8-6-14(2)10-15(18)3)28-25(30)19-11-16(4)27-26-23(19)24(29-33-26)17-7-9-21-22(12-17)32-13-31-21/h6-12,20H,5,13H2,1-4H3,(H,28,30)/t20-/m1/s1. The van der Waals surface area contributed by atoms with Crippen LogP contribution in [0.4, 0.5) is 0 Å². The first-order valence-corrected chi connectivity index (χ1v) is 11.0. The largest absolute Gasteiger partial charge is 0.454 e. The minimum Gasteiger partial charge on any atom is -0.454 e. The van der Waals surface area contributed by atoms with Gasteiger partial charge in [0.2, 0.25) is 6.79 Å². The van der Waals surface area contributed by atoms with Crippen molar-refractivity contribution < 1.29 is 18.8 Å². The Hall–Kier alpha value is -3.87. The highest BCUT2D eigenvalue weighted by Crippen LogP contribution is 2.38. The van der Waals surface area contributed by atoms with Crippen molar-refractivity contribution in [2.24, 2.45) is 0 Å². The van der Waals surface area contributed by atoms with E-state index >= 15 is 0 Å². The summed E-state index contributed by atoms with van der Waals surface area (Å²) in [5, 5.41) is 8.03. The molecule has 2 aromatic heterocycles. The number of amides is 1. The molecule has 5 rings (SSSR count). The number of ether oxygens (including phenoxy) is 2. The van der Waals surface area contributed by atoms with E-state index in [-0.39, 0.29) is 18.7 Å². The quantitative estimate of drug-likeness (QED) is 0.443. The van der Waals surface area contributed by atoms with E-state index in [9.17, 15) is 4.79 Å². The van der Waals surface area contributed by atoms with E-state index < -0.39 is 0 Å². The van der Waals surface area contributed by atoms with Crippen molar-refractivity contribution in [3.05, 3.63) is 70.4 Å². The Morgan fingerprint density at radius 2 is 1.88 bits per heavy atom. The van der Waals surface area contributed by atoms with Gasteiger partial charge in [0.15, 0.2) is 11.5 Å². The molecule has 0 fully saturated rings. The van der Waals surface area contributed by atoms with Gasteiger partial charge in [-0.25, -0.2) is 4.98 Å². The molecule has 1 aliphatic heterocycles. The number of carbonyl (C=O) groups excluding carboxylic acids is 1. The highest BCUT2D eigenvalue weighted by atomic mass is 16.7. The van der Waals surface area contributed by atoms with Gasteiger partial charge in [-0.05, 0) is 62.6 Å². The van der Waals surface area contributed by atoms with Crippen LogP contribution in [0.2, 0.25) is 0 Å². The lowest BCUT2D eigenvalue weighted by molar-refractivity contribution is 0.0937. The highest BCUT2D eigenvalue weighted by Gasteiger charge is 2.24. The van der Waals surface area contributed by atoms with Crippen LogP contribution in [0, 0.1) is 20.8 Å². The highest BCUT2D eigenvalue weighted by molar-refractivity contribution is 6.09. The van der Waals surface area contributed by atoms with Crippen molar-refractivity contribution in [2.45, 2.75) is 40.2 Å². The summed E-state index contributed by atoms with van der Waals surface area (Å²) >= 11 is 0. The lowest BCUT2D eigenvalue weighted by Gasteiger charge is -2.20. The third-order valence-corrected chi connectivity index (χ3v) is 5.98. The molecule has 4 aromatic rings. The number of carbonyl (C=O) groups is 1. The average molecular weight is 444 g/mol. The van der Waals surface area contributed by atoms with Gasteiger partial charge in [-0.3, -0.25) is 4.79 Å². The predicted octanol–water partition coefficient (Wildman–Crippen LogP) is 5.42.